The van der Waals surface area contributed by atoms with Crippen molar-refractivity contribution >= 4 is 43.8 Å². The van der Waals surface area contributed by atoms with E-state index in [4.69, 9.17) is 0 Å². The van der Waals surface area contributed by atoms with Gasteiger partial charge in [-0.15, -0.1) is 10.2 Å². The summed E-state index contributed by atoms with van der Waals surface area (Å²) in [4.78, 5) is 27.0. The molecule has 2 heterocycles. The van der Waals surface area contributed by atoms with Crippen LogP contribution in [0.15, 0.2) is 53.4 Å². The first-order valence-electron chi connectivity index (χ1n) is 10.0. The number of hydrogen-bond acceptors (Lipinski definition) is 7. The minimum Gasteiger partial charge on any atom is -0.312 e. The molecular weight excluding hydrogens is 448 g/mol. The highest BCUT2D eigenvalue weighted by Crippen LogP contribution is 2.28. The Balaban J connectivity index is 1.40. The van der Waals surface area contributed by atoms with Crippen molar-refractivity contribution < 1.29 is 18.0 Å². The first-order chi connectivity index (χ1) is 15.2. The van der Waals surface area contributed by atoms with Gasteiger partial charge in [0.15, 0.2) is 9.84 Å². The maximum absolute atomic E-state index is 12.7. The number of carbonyl (C=O) groups excluding carboxylic acids is 2. The predicted molar refractivity (Wildman–Crippen MR) is 122 cm³/mol. The number of nitrogens with one attached hydrogen (secondary N) is 1. The summed E-state index contributed by atoms with van der Waals surface area (Å²) in [7, 11) is -3.55. The zero-order valence-electron chi connectivity index (χ0n) is 17.6. The van der Waals surface area contributed by atoms with E-state index < -0.39 is 15.8 Å². The van der Waals surface area contributed by atoms with E-state index in [1.807, 2.05) is 32.0 Å². The summed E-state index contributed by atoms with van der Waals surface area (Å²) >= 11 is 1.01. The standard InChI is InChI=1S/C22H22N4O4S2/c1-14-8-9-17(10-15(14)2)26-12-16(11-20(26)27)21(28)23-22-25-24-19(31-22)13-32(29,30)18-6-4-3-5-7-18/h3-10,16H,11-13H2,1-2H3,(H,23,25,28). The molecule has 2 aromatic carbocycles. The quantitative estimate of drug-likeness (QED) is 0.593. The average molecular weight is 471 g/mol. The molecule has 0 radical (unpaired) electrons. The van der Waals surface area contributed by atoms with E-state index in [0.717, 1.165) is 28.2 Å². The Morgan fingerprint density at radius 3 is 2.59 bits per heavy atom. The summed E-state index contributed by atoms with van der Waals surface area (Å²) in [5, 5.41) is 11.0. The number of rotatable bonds is 6. The molecule has 3 aromatic rings. The van der Waals surface area contributed by atoms with Crippen molar-refractivity contribution in [2.45, 2.75) is 30.9 Å². The molecule has 1 fully saturated rings. The van der Waals surface area contributed by atoms with Gasteiger partial charge in [-0.1, -0.05) is 35.6 Å². The van der Waals surface area contributed by atoms with Gasteiger partial charge in [-0.05, 0) is 49.2 Å². The molecule has 1 aromatic heterocycles. The van der Waals surface area contributed by atoms with Crippen LogP contribution in [0.1, 0.15) is 22.6 Å². The van der Waals surface area contributed by atoms with Gasteiger partial charge >= 0.3 is 0 Å². The number of anilines is 2. The maximum atomic E-state index is 12.7. The molecule has 32 heavy (non-hydrogen) atoms. The SMILES string of the molecule is Cc1ccc(N2CC(C(=O)Nc3nnc(CS(=O)(=O)c4ccccc4)s3)CC2=O)cc1C. The highest BCUT2D eigenvalue weighted by atomic mass is 32.2. The van der Waals surface area contributed by atoms with Gasteiger partial charge in [0.25, 0.3) is 0 Å². The largest absolute Gasteiger partial charge is 0.312 e. The number of amides is 2. The Labute approximate surface area is 190 Å². The smallest absolute Gasteiger partial charge is 0.231 e. The van der Waals surface area contributed by atoms with Crippen LogP contribution in [0.5, 0.6) is 0 Å². The van der Waals surface area contributed by atoms with Crippen LogP contribution in [0.3, 0.4) is 0 Å². The zero-order valence-corrected chi connectivity index (χ0v) is 19.2. The van der Waals surface area contributed by atoms with E-state index in [1.54, 1.807) is 23.1 Å². The Morgan fingerprint density at radius 1 is 1.12 bits per heavy atom. The molecule has 166 valence electrons. The van der Waals surface area contributed by atoms with E-state index in [-0.39, 0.29) is 45.6 Å². The number of benzene rings is 2. The van der Waals surface area contributed by atoms with Gasteiger partial charge in [-0.2, -0.15) is 0 Å². The van der Waals surface area contributed by atoms with Gasteiger partial charge < -0.3 is 10.2 Å². The third kappa shape index (κ3) is 4.71. The summed E-state index contributed by atoms with van der Waals surface area (Å²) in [6.07, 6.45) is 0.104. The Kier molecular flexibility index (Phi) is 6.07. The molecule has 1 atom stereocenters. The van der Waals surface area contributed by atoms with Crippen molar-refractivity contribution in [3.63, 3.8) is 0 Å². The molecule has 1 saturated heterocycles. The van der Waals surface area contributed by atoms with Crippen molar-refractivity contribution in [2.24, 2.45) is 5.92 Å². The molecule has 1 N–H and O–H groups in total. The van der Waals surface area contributed by atoms with Crippen LogP contribution in [0, 0.1) is 19.8 Å². The number of nitrogens with zero attached hydrogens (tertiary/aromatic N) is 3. The minimum atomic E-state index is -3.55. The van der Waals surface area contributed by atoms with Crippen LogP contribution in [0.4, 0.5) is 10.8 Å². The van der Waals surface area contributed by atoms with Crippen LogP contribution in [-0.4, -0.2) is 37.0 Å². The van der Waals surface area contributed by atoms with E-state index in [2.05, 4.69) is 15.5 Å². The summed E-state index contributed by atoms with van der Waals surface area (Å²) in [5.41, 5.74) is 2.99. The molecular formula is C22H22N4O4S2. The lowest BCUT2D eigenvalue weighted by molar-refractivity contribution is -0.122. The van der Waals surface area contributed by atoms with Crippen LogP contribution < -0.4 is 10.2 Å². The van der Waals surface area contributed by atoms with Gasteiger partial charge in [0, 0.05) is 18.7 Å². The number of carbonyl (C=O) groups is 2. The lowest BCUT2D eigenvalue weighted by atomic mass is 10.1. The Bertz CT molecular complexity index is 1270. The van der Waals surface area contributed by atoms with Crippen molar-refractivity contribution in [3.05, 3.63) is 64.7 Å². The van der Waals surface area contributed by atoms with E-state index in [0.29, 0.717) is 0 Å². The molecule has 8 nitrogen and oxygen atoms in total. The van der Waals surface area contributed by atoms with E-state index >= 15 is 0 Å². The predicted octanol–water partition coefficient (Wildman–Crippen LogP) is 3.12. The fourth-order valence-corrected chi connectivity index (χ4v) is 5.83. The highest BCUT2D eigenvalue weighted by Gasteiger charge is 2.35. The van der Waals surface area contributed by atoms with Crippen molar-refractivity contribution in [2.75, 3.05) is 16.8 Å². The first-order valence-corrected chi connectivity index (χ1v) is 12.5. The summed E-state index contributed by atoms with van der Waals surface area (Å²) in [6.45, 7) is 4.26. The fourth-order valence-electron chi connectivity index (χ4n) is 3.47. The Hall–Kier alpha value is -3.11. The molecule has 0 spiro atoms. The van der Waals surface area contributed by atoms with Gasteiger partial charge in [-0.3, -0.25) is 9.59 Å². The number of aryl methyl sites for hydroxylation is 2. The van der Waals surface area contributed by atoms with Gasteiger partial charge in [-0.25, -0.2) is 8.42 Å². The number of sulfone groups is 1. The molecule has 2 amide bonds. The van der Waals surface area contributed by atoms with Gasteiger partial charge in [0.05, 0.1) is 10.8 Å². The van der Waals surface area contributed by atoms with Gasteiger partial charge in [0.2, 0.25) is 16.9 Å². The Morgan fingerprint density at radius 2 is 1.88 bits per heavy atom. The molecule has 4 rings (SSSR count). The highest BCUT2D eigenvalue weighted by molar-refractivity contribution is 7.90. The third-order valence-corrected chi connectivity index (χ3v) is 8.08. The van der Waals surface area contributed by atoms with Crippen molar-refractivity contribution in [1.29, 1.82) is 0 Å². The molecule has 0 bridgehead atoms. The second-order valence-corrected chi connectivity index (χ2v) is 10.8. The lowest BCUT2D eigenvalue weighted by Gasteiger charge is -2.17. The molecule has 1 aliphatic rings. The second-order valence-electron chi connectivity index (χ2n) is 7.74. The third-order valence-electron chi connectivity index (χ3n) is 5.41. The summed E-state index contributed by atoms with van der Waals surface area (Å²) < 4.78 is 25.0. The maximum Gasteiger partial charge on any atom is 0.231 e. The topological polar surface area (TPSA) is 109 Å². The molecule has 1 unspecified atom stereocenters. The minimum absolute atomic E-state index is 0.104. The molecule has 0 saturated carbocycles. The van der Waals surface area contributed by atoms with Crippen molar-refractivity contribution in [3.8, 4) is 0 Å². The lowest BCUT2D eigenvalue weighted by Crippen LogP contribution is -2.28. The molecule has 0 aliphatic carbocycles. The van der Waals surface area contributed by atoms with E-state index in [9.17, 15) is 18.0 Å². The zero-order chi connectivity index (χ0) is 22.9. The first kappa shape index (κ1) is 22.1. The monoisotopic (exact) mass is 470 g/mol. The van der Waals surface area contributed by atoms with Crippen LogP contribution in [0.25, 0.3) is 0 Å². The van der Waals surface area contributed by atoms with Crippen LogP contribution in [0.2, 0.25) is 0 Å². The van der Waals surface area contributed by atoms with Crippen molar-refractivity contribution in [1.82, 2.24) is 10.2 Å². The number of aromatic nitrogens is 2. The fraction of sp³-hybridized carbons (Fsp3) is 0.273. The second kappa shape index (κ2) is 8.79. The average Bonchev–Trinajstić information content (AvgIpc) is 3.36. The van der Waals surface area contributed by atoms with Gasteiger partial charge in [0.1, 0.15) is 10.8 Å². The molecule has 1 aliphatic heterocycles. The van der Waals surface area contributed by atoms with E-state index in [1.165, 1.54) is 12.1 Å². The normalized spacial score (nSPS) is 16.4. The summed E-state index contributed by atoms with van der Waals surface area (Å²) in [6, 6.07) is 13.9. The van der Waals surface area contributed by atoms with Crippen LogP contribution in [-0.2, 0) is 25.2 Å². The van der Waals surface area contributed by atoms with Crippen LogP contribution >= 0.6 is 11.3 Å². The number of hydrogen-bond donors (Lipinski definition) is 1. The molecule has 10 heteroatoms. The summed E-state index contributed by atoms with van der Waals surface area (Å²) in [5.74, 6) is -1.27.